The van der Waals surface area contributed by atoms with Crippen molar-refractivity contribution in [1.82, 2.24) is 0 Å². The van der Waals surface area contributed by atoms with Gasteiger partial charge in [0.05, 0.1) is 11.5 Å². The molecule has 0 fully saturated rings. The summed E-state index contributed by atoms with van der Waals surface area (Å²) in [5.41, 5.74) is 3.96. The van der Waals surface area contributed by atoms with Crippen LogP contribution in [0, 0.1) is 20.8 Å². The van der Waals surface area contributed by atoms with Crippen LogP contribution in [0.2, 0.25) is 0 Å². The Morgan fingerprint density at radius 2 is 1.52 bits per heavy atom. The first kappa shape index (κ1) is 24.1. The Balaban J connectivity index is 1.62. The van der Waals surface area contributed by atoms with Crippen LogP contribution in [-0.4, -0.2) is 27.5 Å². The van der Waals surface area contributed by atoms with Gasteiger partial charge in [-0.05, 0) is 99.0 Å². The minimum absolute atomic E-state index is 0.0980. The molecule has 0 unspecified atom stereocenters. The molecule has 0 bridgehead atoms. The first-order valence-electron chi connectivity index (χ1n) is 10.5. The predicted molar refractivity (Wildman–Crippen MR) is 130 cm³/mol. The lowest BCUT2D eigenvalue weighted by Crippen LogP contribution is -2.20. The molecule has 3 rings (SSSR count). The number of sulfonamides is 1. The summed E-state index contributed by atoms with van der Waals surface area (Å²) in [6.07, 6.45) is 0. The minimum Gasteiger partial charge on any atom is -0.494 e. The van der Waals surface area contributed by atoms with Crippen LogP contribution < -0.4 is 19.5 Å². The summed E-state index contributed by atoms with van der Waals surface area (Å²) in [5.74, 6) is 0.802. The monoisotopic (exact) mass is 468 g/mol. The number of hydrogen-bond donors (Lipinski definition) is 2. The molecule has 174 valence electrons. The molecule has 0 saturated carbocycles. The topological polar surface area (TPSA) is 93.7 Å². The smallest absolute Gasteiger partial charge is 0.262 e. The van der Waals surface area contributed by atoms with Crippen LogP contribution >= 0.6 is 0 Å². The largest absolute Gasteiger partial charge is 0.494 e. The molecule has 0 aliphatic heterocycles. The van der Waals surface area contributed by atoms with Gasteiger partial charge in [0.25, 0.3) is 15.9 Å². The van der Waals surface area contributed by atoms with Gasteiger partial charge < -0.3 is 14.8 Å². The van der Waals surface area contributed by atoms with E-state index in [2.05, 4.69) is 10.0 Å². The first-order chi connectivity index (χ1) is 15.7. The minimum atomic E-state index is -3.78. The third-order valence-corrected chi connectivity index (χ3v) is 6.40. The molecule has 1 amide bonds. The lowest BCUT2D eigenvalue weighted by molar-refractivity contribution is -0.118. The van der Waals surface area contributed by atoms with E-state index in [1.54, 1.807) is 37.3 Å². The van der Waals surface area contributed by atoms with Crippen molar-refractivity contribution in [1.29, 1.82) is 0 Å². The van der Waals surface area contributed by atoms with E-state index in [1.165, 1.54) is 12.1 Å². The van der Waals surface area contributed by atoms with Crippen molar-refractivity contribution in [2.45, 2.75) is 32.6 Å². The van der Waals surface area contributed by atoms with Crippen LogP contribution in [0.1, 0.15) is 23.6 Å². The normalized spacial score (nSPS) is 11.0. The summed E-state index contributed by atoms with van der Waals surface area (Å²) in [6.45, 7) is 7.93. The van der Waals surface area contributed by atoms with Crippen LogP contribution in [0.4, 0.5) is 11.4 Å². The molecule has 7 nitrogen and oxygen atoms in total. The summed E-state index contributed by atoms with van der Waals surface area (Å²) in [4.78, 5) is 12.3. The SMILES string of the molecule is CCOc1ccc(NS(=O)(=O)c2ccc(OCC(=O)Nc3ccc(C)c(C)c3)c(C)c2)cc1. The lowest BCUT2D eigenvalue weighted by atomic mass is 10.1. The Morgan fingerprint density at radius 1 is 0.818 bits per heavy atom. The maximum Gasteiger partial charge on any atom is 0.262 e. The van der Waals surface area contributed by atoms with Crippen molar-refractivity contribution in [3.8, 4) is 11.5 Å². The maximum atomic E-state index is 12.7. The van der Waals surface area contributed by atoms with Gasteiger partial charge in [0.1, 0.15) is 11.5 Å². The fraction of sp³-hybridized carbons (Fsp3) is 0.240. The van der Waals surface area contributed by atoms with Gasteiger partial charge in [-0.2, -0.15) is 0 Å². The van der Waals surface area contributed by atoms with E-state index in [9.17, 15) is 13.2 Å². The Bertz CT molecular complexity index is 1240. The van der Waals surface area contributed by atoms with Gasteiger partial charge in [0, 0.05) is 11.4 Å². The molecule has 0 spiro atoms. The van der Waals surface area contributed by atoms with Crippen LogP contribution in [0.3, 0.4) is 0 Å². The zero-order valence-corrected chi connectivity index (χ0v) is 20.0. The number of hydrogen-bond acceptors (Lipinski definition) is 5. The quantitative estimate of drug-likeness (QED) is 0.469. The highest BCUT2D eigenvalue weighted by Crippen LogP contribution is 2.24. The number of carbonyl (C=O) groups is 1. The van der Waals surface area contributed by atoms with Crippen LogP contribution in [0.25, 0.3) is 0 Å². The van der Waals surface area contributed by atoms with E-state index >= 15 is 0 Å². The molecular weight excluding hydrogens is 440 g/mol. The Morgan fingerprint density at radius 3 is 2.15 bits per heavy atom. The van der Waals surface area contributed by atoms with Crippen molar-refractivity contribution in [2.75, 3.05) is 23.3 Å². The molecule has 0 heterocycles. The number of ether oxygens (including phenoxy) is 2. The second-order valence-electron chi connectivity index (χ2n) is 7.63. The highest BCUT2D eigenvalue weighted by Gasteiger charge is 2.16. The average molecular weight is 469 g/mol. The predicted octanol–water partition coefficient (Wildman–Crippen LogP) is 4.83. The molecule has 0 aliphatic carbocycles. The molecule has 8 heteroatoms. The van der Waals surface area contributed by atoms with Gasteiger partial charge in [0.2, 0.25) is 0 Å². The third kappa shape index (κ3) is 6.49. The molecule has 0 saturated heterocycles. The summed E-state index contributed by atoms with van der Waals surface area (Å²) in [5, 5.41) is 2.80. The molecule has 2 N–H and O–H groups in total. The molecule has 33 heavy (non-hydrogen) atoms. The van der Waals surface area contributed by atoms with Crippen molar-refractivity contribution < 1.29 is 22.7 Å². The van der Waals surface area contributed by atoms with E-state index in [4.69, 9.17) is 9.47 Å². The fourth-order valence-corrected chi connectivity index (χ4v) is 4.25. The standard InChI is InChI=1S/C25H28N2O5S/c1-5-31-22-10-8-20(9-11-22)27-33(29,30)23-12-13-24(19(4)15-23)32-16-25(28)26-21-7-6-17(2)18(3)14-21/h6-15,27H,5,16H2,1-4H3,(H,26,28). The summed E-state index contributed by atoms with van der Waals surface area (Å²) in [7, 11) is -3.78. The average Bonchev–Trinajstić information content (AvgIpc) is 2.77. The van der Waals surface area contributed by atoms with Gasteiger partial charge in [-0.3, -0.25) is 9.52 Å². The van der Waals surface area contributed by atoms with Gasteiger partial charge in [-0.15, -0.1) is 0 Å². The molecule has 0 radical (unpaired) electrons. The highest BCUT2D eigenvalue weighted by atomic mass is 32.2. The number of benzene rings is 3. The number of carbonyl (C=O) groups excluding carboxylic acids is 1. The zero-order chi connectivity index (χ0) is 24.0. The summed E-state index contributed by atoms with van der Waals surface area (Å²) in [6, 6.07) is 16.9. The van der Waals surface area contributed by atoms with Crippen LogP contribution in [0.5, 0.6) is 11.5 Å². The maximum absolute atomic E-state index is 12.7. The van der Waals surface area contributed by atoms with E-state index in [-0.39, 0.29) is 17.4 Å². The third-order valence-electron chi connectivity index (χ3n) is 5.02. The first-order valence-corrected chi connectivity index (χ1v) is 12.0. The van der Waals surface area contributed by atoms with Gasteiger partial charge in [-0.1, -0.05) is 6.07 Å². The second-order valence-corrected chi connectivity index (χ2v) is 9.31. The molecule has 3 aromatic rings. The number of rotatable bonds is 9. The lowest BCUT2D eigenvalue weighted by Gasteiger charge is -2.13. The second kappa shape index (κ2) is 10.4. The molecule has 0 atom stereocenters. The zero-order valence-electron chi connectivity index (χ0n) is 19.1. The Hall–Kier alpha value is -3.52. The highest BCUT2D eigenvalue weighted by molar-refractivity contribution is 7.92. The van der Waals surface area contributed by atoms with Crippen molar-refractivity contribution in [3.05, 3.63) is 77.4 Å². The van der Waals surface area contributed by atoms with Crippen molar-refractivity contribution in [2.24, 2.45) is 0 Å². The summed E-state index contributed by atoms with van der Waals surface area (Å²) < 4.78 is 39.0. The summed E-state index contributed by atoms with van der Waals surface area (Å²) >= 11 is 0. The number of nitrogens with one attached hydrogen (secondary N) is 2. The number of aryl methyl sites for hydroxylation is 3. The van der Waals surface area contributed by atoms with Crippen molar-refractivity contribution in [3.63, 3.8) is 0 Å². The van der Waals surface area contributed by atoms with Crippen molar-refractivity contribution >= 4 is 27.3 Å². The van der Waals surface area contributed by atoms with Gasteiger partial charge in [0.15, 0.2) is 6.61 Å². The van der Waals surface area contributed by atoms with E-state index in [0.717, 1.165) is 11.1 Å². The molecule has 0 aromatic heterocycles. The van der Waals surface area contributed by atoms with Gasteiger partial charge >= 0.3 is 0 Å². The van der Waals surface area contributed by atoms with E-state index < -0.39 is 10.0 Å². The van der Waals surface area contributed by atoms with Crippen LogP contribution in [0.15, 0.2) is 65.6 Å². The van der Waals surface area contributed by atoms with Gasteiger partial charge in [-0.25, -0.2) is 8.42 Å². The Labute approximate surface area is 194 Å². The Kier molecular flexibility index (Phi) is 7.60. The number of amides is 1. The molecule has 0 aliphatic rings. The van der Waals surface area contributed by atoms with Crippen LogP contribution in [-0.2, 0) is 14.8 Å². The fourth-order valence-electron chi connectivity index (χ4n) is 3.11. The van der Waals surface area contributed by atoms with E-state index in [1.807, 2.05) is 39.0 Å². The van der Waals surface area contributed by atoms with E-state index in [0.29, 0.717) is 35.0 Å². The molecular formula is C25H28N2O5S. The molecule has 3 aromatic carbocycles. The number of anilines is 2.